The van der Waals surface area contributed by atoms with Crippen molar-refractivity contribution in [3.8, 4) is 0 Å². The third kappa shape index (κ3) is 11.4. The van der Waals surface area contributed by atoms with Gasteiger partial charge in [0, 0.05) is 24.7 Å². The van der Waals surface area contributed by atoms with Crippen LogP contribution in [0.25, 0.3) is 0 Å². The minimum absolute atomic E-state index is 0.0407. The predicted octanol–water partition coefficient (Wildman–Crippen LogP) is 5.60. The second-order valence-electron chi connectivity index (χ2n) is 9.76. The highest BCUT2D eigenvalue weighted by Crippen LogP contribution is 2.43. The minimum Gasteiger partial charge on any atom is -0.479 e. The van der Waals surface area contributed by atoms with Crippen molar-refractivity contribution < 1.29 is 34.1 Å². The van der Waals surface area contributed by atoms with Crippen LogP contribution in [0.5, 0.6) is 0 Å². The molecule has 0 bridgehead atoms. The predicted molar refractivity (Wildman–Crippen MR) is 136 cm³/mol. The lowest BCUT2D eigenvalue weighted by Crippen LogP contribution is -2.34. The number of hydrogen-bond donors (Lipinski definition) is 2. The Morgan fingerprint density at radius 1 is 0.971 bits per heavy atom. The van der Waals surface area contributed by atoms with E-state index in [1.807, 2.05) is 12.2 Å². The average molecular weight is 495 g/mol. The molecule has 7 heteroatoms. The third-order valence-electron chi connectivity index (χ3n) is 6.79. The molecular formula is C28H46O7. The number of esters is 2. The molecule has 1 saturated carbocycles. The van der Waals surface area contributed by atoms with E-state index < -0.39 is 11.6 Å². The molecule has 0 aliphatic heterocycles. The maximum absolute atomic E-state index is 12.1. The molecule has 0 radical (unpaired) electrons. The molecule has 0 aromatic carbocycles. The number of carbonyl (C=O) groups is 3. The molecule has 1 aliphatic rings. The second-order valence-corrected chi connectivity index (χ2v) is 9.76. The normalized spacial score (nSPS) is 24.0. The topological polar surface area (TPSA) is 110 Å². The van der Waals surface area contributed by atoms with Crippen molar-refractivity contribution in [2.24, 2.45) is 17.8 Å². The Labute approximate surface area is 211 Å². The second kappa shape index (κ2) is 16.5. The average Bonchev–Trinajstić information content (AvgIpc) is 3.14. The van der Waals surface area contributed by atoms with E-state index in [1.54, 1.807) is 13.8 Å². The molecule has 2 N–H and O–H groups in total. The van der Waals surface area contributed by atoms with Gasteiger partial charge in [-0.3, -0.25) is 9.59 Å². The monoisotopic (exact) mass is 494 g/mol. The van der Waals surface area contributed by atoms with Gasteiger partial charge in [0.05, 0.1) is 6.61 Å². The lowest BCUT2D eigenvalue weighted by molar-refractivity contribution is -0.157. The molecule has 7 nitrogen and oxygen atoms in total. The molecule has 0 aromatic heterocycles. The van der Waals surface area contributed by atoms with Crippen molar-refractivity contribution in [3.63, 3.8) is 0 Å². The Kier molecular flexibility index (Phi) is 14.6. The molecule has 35 heavy (non-hydrogen) atoms. The fraction of sp³-hybridized carbons (Fsp3) is 0.750. The van der Waals surface area contributed by atoms with E-state index in [0.717, 1.165) is 12.8 Å². The Balaban J connectivity index is 2.95. The van der Waals surface area contributed by atoms with E-state index in [0.29, 0.717) is 38.7 Å². The van der Waals surface area contributed by atoms with Crippen molar-refractivity contribution in [1.29, 1.82) is 0 Å². The van der Waals surface area contributed by atoms with Gasteiger partial charge in [-0.05, 0) is 51.4 Å². The summed E-state index contributed by atoms with van der Waals surface area (Å²) in [5.41, 5.74) is -1.76. The van der Waals surface area contributed by atoms with Crippen LogP contribution < -0.4 is 0 Å². The van der Waals surface area contributed by atoms with Crippen molar-refractivity contribution in [2.45, 2.75) is 110 Å². The largest absolute Gasteiger partial charge is 0.479 e. The number of ether oxygens (including phenoxy) is 2. The van der Waals surface area contributed by atoms with Crippen molar-refractivity contribution in [3.05, 3.63) is 24.3 Å². The SMILES string of the molecule is CCCCCC/C=C/[C@H]1[C@H](COC(=O)CC)C[C@@H](OC(=O)CC)[C@@H]1C/C=C\CCC(C)(O)C(=O)O. The van der Waals surface area contributed by atoms with Gasteiger partial charge in [-0.15, -0.1) is 0 Å². The van der Waals surface area contributed by atoms with Crippen LogP contribution in [-0.4, -0.2) is 46.4 Å². The number of allylic oxidation sites excluding steroid dienone is 4. The molecule has 0 aromatic rings. The van der Waals surface area contributed by atoms with Crippen molar-refractivity contribution >= 4 is 17.9 Å². The van der Waals surface area contributed by atoms with E-state index in [2.05, 4.69) is 19.1 Å². The molecule has 1 unspecified atom stereocenters. The van der Waals surface area contributed by atoms with Crippen molar-refractivity contribution in [1.82, 2.24) is 0 Å². The van der Waals surface area contributed by atoms with Crippen LogP contribution in [0.4, 0.5) is 0 Å². The molecule has 0 spiro atoms. The van der Waals surface area contributed by atoms with Gasteiger partial charge in [0.25, 0.3) is 0 Å². The highest BCUT2D eigenvalue weighted by Gasteiger charge is 2.43. The van der Waals surface area contributed by atoms with Gasteiger partial charge in [-0.2, -0.15) is 0 Å². The first kappa shape index (κ1) is 30.9. The zero-order valence-electron chi connectivity index (χ0n) is 22.0. The molecule has 1 fully saturated rings. The molecule has 0 heterocycles. The zero-order valence-corrected chi connectivity index (χ0v) is 22.0. The molecule has 1 aliphatic carbocycles. The summed E-state index contributed by atoms with van der Waals surface area (Å²) >= 11 is 0. The molecule has 0 amide bonds. The van der Waals surface area contributed by atoms with E-state index in [1.165, 1.54) is 26.2 Å². The van der Waals surface area contributed by atoms with E-state index in [-0.39, 0.29) is 42.2 Å². The molecule has 0 saturated heterocycles. The fourth-order valence-electron chi connectivity index (χ4n) is 4.49. The zero-order chi connectivity index (χ0) is 26.3. The lowest BCUT2D eigenvalue weighted by Gasteiger charge is -2.23. The standard InChI is InChI=1S/C28H46O7/c1-5-8-9-10-11-13-16-22-21(20-34-25(29)6-2)19-24(35-26(30)7-3)23(22)17-14-12-15-18-28(4,33)27(31)32/h12-14,16,21-24,33H,5-11,15,17-20H2,1-4H3,(H,31,32)/b14-12-,16-13+/t21-,22-,23+,24+,28?/m0/s1. The van der Waals surface area contributed by atoms with Crippen LogP contribution in [-0.2, 0) is 23.9 Å². The summed E-state index contributed by atoms with van der Waals surface area (Å²) in [6.45, 7) is 7.33. The fourth-order valence-corrected chi connectivity index (χ4v) is 4.49. The third-order valence-corrected chi connectivity index (χ3v) is 6.79. The minimum atomic E-state index is -1.76. The van der Waals surface area contributed by atoms with Crippen LogP contribution in [0.15, 0.2) is 24.3 Å². The van der Waals surface area contributed by atoms with Crippen LogP contribution in [0.1, 0.15) is 98.3 Å². The molecular weight excluding hydrogens is 448 g/mol. The smallest absolute Gasteiger partial charge is 0.335 e. The summed E-state index contributed by atoms with van der Waals surface area (Å²) in [6, 6.07) is 0. The number of rotatable bonds is 17. The van der Waals surface area contributed by atoms with Gasteiger partial charge in [0.2, 0.25) is 0 Å². The van der Waals surface area contributed by atoms with Crippen LogP contribution in [0.2, 0.25) is 0 Å². The molecule has 1 rings (SSSR count). The lowest BCUT2D eigenvalue weighted by atomic mass is 9.86. The first-order valence-electron chi connectivity index (χ1n) is 13.3. The Morgan fingerprint density at radius 3 is 2.31 bits per heavy atom. The maximum Gasteiger partial charge on any atom is 0.335 e. The molecule has 5 atom stereocenters. The number of hydrogen-bond acceptors (Lipinski definition) is 6. The Hall–Kier alpha value is -2.15. The van der Waals surface area contributed by atoms with E-state index >= 15 is 0 Å². The number of unbranched alkanes of at least 4 members (excludes halogenated alkanes) is 4. The van der Waals surface area contributed by atoms with Gasteiger partial charge in [0.1, 0.15) is 6.10 Å². The quantitative estimate of drug-likeness (QED) is 0.154. The van der Waals surface area contributed by atoms with E-state index in [4.69, 9.17) is 14.6 Å². The highest BCUT2D eigenvalue weighted by atomic mass is 16.5. The van der Waals surface area contributed by atoms with E-state index in [9.17, 15) is 19.5 Å². The number of carbonyl (C=O) groups excluding carboxylic acids is 2. The summed E-state index contributed by atoms with van der Waals surface area (Å²) < 4.78 is 11.3. The first-order valence-corrected chi connectivity index (χ1v) is 13.3. The maximum atomic E-state index is 12.1. The summed E-state index contributed by atoms with van der Waals surface area (Å²) in [6.07, 6.45) is 16.2. The summed E-state index contributed by atoms with van der Waals surface area (Å²) in [4.78, 5) is 35.0. The summed E-state index contributed by atoms with van der Waals surface area (Å²) in [7, 11) is 0. The number of aliphatic carboxylic acids is 1. The van der Waals surface area contributed by atoms with Gasteiger partial charge in [-0.25, -0.2) is 4.79 Å². The number of carboxylic acid groups (broad SMARTS) is 1. The van der Waals surface area contributed by atoms with Crippen LogP contribution in [0, 0.1) is 17.8 Å². The highest BCUT2D eigenvalue weighted by molar-refractivity contribution is 5.76. The Morgan fingerprint density at radius 2 is 1.69 bits per heavy atom. The van der Waals surface area contributed by atoms with Crippen LogP contribution >= 0.6 is 0 Å². The summed E-state index contributed by atoms with van der Waals surface area (Å²) in [5, 5.41) is 19.0. The van der Waals surface area contributed by atoms with Gasteiger partial charge < -0.3 is 19.7 Å². The van der Waals surface area contributed by atoms with Gasteiger partial charge in [-0.1, -0.05) is 64.3 Å². The van der Waals surface area contributed by atoms with Crippen LogP contribution in [0.3, 0.4) is 0 Å². The summed E-state index contributed by atoms with van der Waals surface area (Å²) in [5.74, 6) is -1.50. The number of aliphatic hydroxyl groups is 1. The first-order chi connectivity index (χ1) is 16.7. The number of carboxylic acids is 1. The van der Waals surface area contributed by atoms with Gasteiger partial charge >= 0.3 is 17.9 Å². The van der Waals surface area contributed by atoms with Crippen molar-refractivity contribution in [2.75, 3.05) is 6.61 Å². The molecule has 200 valence electrons. The van der Waals surface area contributed by atoms with Gasteiger partial charge in [0.15, 0.2) is 5.60 Å². The Bertz CT molecular complexity index is 710.